The molecule has 2 aliphatic carbocycles. The molecule has 1 saturated heterocycles. The second-order valence-corrected chi connectivity index (χ2v) is 6.94. The van der Waals surface area contributed by atoms with Crippen LogP contribution in [-0.4, -0.2) is 36.1 Å². The smallest absolute Gasteiger partial charge is 0.252 e. The van der Waals surface area contributed by atoms with E-state index in [9.17, 15) is 4.79 Å². The van der Waals surface area contributed by atoms with E-state index in [2.05, 4.69) is 11.9 Å². The first kappa shape index (κ1) is 14.1. The molecule has 3 fully saturated rings. The lowest BCUT2D eigenvalue weighted by atomic mass is 9.84. The average Bonchev–Trinajstić information content (AvgIpc) is 3.01. The molecule has 2 unspecified atom stereocenters. The van der Waals surface area contributed by atoms with Crippen LogP contribution in [0.2, 0.25) is 0 Å². The summed E-state index contributed by atoms with van der Waals surface area (Å²) in [6.07, 6.45) is 6.18. The van der Waals surface area contributed by atoms with Crippen molar-refractivity contribution >= 4 is 5.78 Å². The first-order chi connectivity index (χ1) is 10.7. The van der Waals surface area contributed by atoms with Crippen LogP contribution < -0.4 is 9.47 Å². The fraction of sp³-hybridized carbons (Fsp3) is 0.611. The van der Waals surface area contributed by atoms with Crippen molar-refractivity contribution in [3.05, 3.63) is 24.3 Å². The van der Waals surface area contributed by atoms with Crippen LogP contribution in [0, 0.1) is 5.92 Å². The molecule has 0 bridgehead atoms. The molecule has 2 aliphatic heterocycles. The first-order valence-corrected chi connectivity index (χ1v) is 8.34. The van der Waals surface area contributed by atoms with Gasteiger partial charge in [-0.05, 0) is 44.5 Å². The van der Waals surface area contributed by atoms with Gasteiger partial charge in [-0.25, -0.2) is 0 Å². The van der Waals surface area contributed by atoms with Crippen LogP contribution in [0.1, 0.15) is 38.5 Å². The summed E-state index contributed by atoms with van der Waals surface area (Å²) >= 11 is 0. The quantitative estimate of drug-likeness (QED) is 0.738. The van der Waals surface area contributed by atoms with Crippen molar-refractivity contribution in [2.75, 3.05) is 13.6 Å². The van der Waals surface area contributed by atoms with Gasteiger partial charge in [-0.3, -0.25) is 4.79 Å². The number of hydrogen-bond donors (Lipinski definition) is 0. The van der Waals surface area contributed by atoms with Gasteiger partial charge in [0.1, 0.15) is 5.78 Å². The Balaban J connectivity index is 0.000000114. The molecule has 1 spiro atoms. The molecular weight excluding hydrogens is 278 g/mol. The number of rotatable bonds is 0. The number of likely N-dealkylation sites (tertiary alicyclic amines) is 1. The Morgan fingerprint density at radius 3 is 2.45 bits per heavy atom. The summed E-state index contributed by atoms with van der Waals surface area (Å²) in [6, 6.07) is 8.41. The van der Waals surface area contributed by atoms with Crippen LogP contribution in [0.5, 0.6) is 11.5 Å². The van der Waals surface area contributed by atoms with Gasteiger partial charge in [0.15, 0.2) is 11.5 Å². The number of ether oxygens (including phenoxy) is 2. The molecule has 2 heterocycles. The van der Waals surface area contributed by atoms with E-state index in [4.69, 9.17) is 9.47 Å². The number of carbonyl (C=O) groups excluding carboxylic acids is 1. The van der Waals surface area contributed by atoms with Gasteiger partial charge in [-0.1, -0.05) is 12.1 Å². The van der Waals surface area contributed by atoms with E-state index in [-0.39, 0.29) is 5.79 Å². The van der Waals surface area contributed by atoms with Gasteiger partial charge in [0.05, 0.1) is 0 Å². The van der Waals surface area contributed by atoms with Crippen molar-refractivity contribution in [2.45, 2.75) is 50.4 Å². The Morgan fingerprint density at radius 1 is 1.14 bits per heavy atom. The Kier molecular flexibility index (Phi) is 3.37. The maximum Gasteiger partial charge on any atom is 0.252 e. The van der Waals surface area contributed by atoms with Crippen LogP contribution in [0.4, 0.5) is 0 Å². The fourth-order valence-electron chi connectivity index (χ4n) is 3.78. The molecule has 4 aliphatic rings. The standard InChI is InChI=1S/C9H15NO.C9H8O2/c1-10-5-4-7-2-3-8(11)6-9(7)10;1-2-4-8-7(3-1)10-9(11-8)5-6-9/h7,9H,2-6H2,1H3;1-4H,5-6H2. The Morgan fingerprint density at radius 2 is 1.82 bits per heavy atom. The molecule has 0 radical (unpaired) electrons. The van der Waals surface area contributed by atoms with Gasteiger partial charge in [-0.15, -0.1) is 0 Å². The lowest BCUT2D eigenvalue weighted by molar-refractivity contribution is -0.122. The molecule has 22 heavy (non-hydrogen) atoms. The van der Waals surface area contributed by atoms with Crippen LogP contribution in [0.15, 0.2) is 24.3 Å². The maximum atomic E-state index is 11.1. The number of para-hydroxylation sites is 2. The number of fused-ring (bicyclic) bond motifs is 2. The van der Waals surface area contributed by atoms with Crippen molar-refractivity contribution in [1.82, 2.24) is 4.90 Å². The molecule has 1 aromatic carbocycles. The number of nitrogens with zero attached hydrogens (tertiary/aromatic N) is 1. The van der Waals surface area contributed by atoms with Crippen LogP contribution in [0.3, 0.4) is 0 Å². The van der Waals surface area contributed by atoms with Crippen molar-refractivity contribution < 1.29 is 14.3 Å². The highest BCUT2D eigenvalue weighted by molar-refractivity contribution is 5.80. The zero-order valence-corrected chi connectivity index (χ0v) is 13.1. The summed E-state index contributed by atoms with van der Waals surface area (Å²) < 4.78 is 11.2. The van der Waals surface area contributed by atoms with E-state index in [1.165, 1.54) is 13.0 Å². The minimum atomic E-state index is -0.246. The van der Waals surface area contributed by atoms with Gasteiger partial charge >= 0.3 is 0 Å². The minimum Gasteiger partial charge on any atom is -0.448 e. The Hall–Kier alpha value is -1.55. The van der Waals surface area contributed by atoms with Crippen molar-refractivity contribution in [2.24, 2.45) is 5.92 Å². The fourth-order valence-corrected chi connectivity index (χ4v) is 3.78. The van der Waals surface area contributed by atoms with Crippen molar-refractivity contribution in [3.8, 4) is 11.5 Å². The van der Waals surface area contributed by atoms with E-state index in [1.807, 2.05) is 24.3 Å². The van der Waals surface area contributed by atoms with E-state index < -0.39 is 0 Å². The van der Waals surface area contributed by atoms with Crippen LogP contribution in [0.25, 0.3) is 0 Å². The molecule has 2 atom stereocenters. The molecule has 4 nitrogen and oxygen atoms in total. The van der Waals surface area contributed by atoms with Crippen molar-refractivity contribution in [3.63, 3.8) is 0 Å². The number of benzene rings is 1. The topological polar surface area (TPSA) is 38.8 Å². The van der Waals surface area contributed by atoms with E-state index in [1.54, 1.807) is 0 Å². The third-order valence-corrected chi connectivity index (χ3v) is 5.29. The maximum absolute atomic E-state index is 11.1. The zero-order chi connectivity index (χ0) is 15.2. The lowest BCUT2D eigenvalue weighted by Gasteiger charge is -2.28. The van der Waals surface area contributed by atoms with Gasteiger partial charge in [0.2, 0.25) is 0 Å². The van der Waals surface area contributed by atoms with E-state index in [0.29, 0.717) is 11.8 Å². The predicted molar refractivity (Wildman–Crippen MR) is 83.0 cm³/mol. The van der Waals surface area contributed by atoms with Gasteiger partial charge in [-0.2, -0.15) is 0 Å². The molecule has 2 saturated carbocycles. The van der Waals surface area contributed by atoms with E-state index >= 15 is 0 Å². The highest BCUT2D eigenvalue weighted by Crippen LogP contribution is 2.50. The highest BCUT2D eigenvalue weighted by Gasteiger charge is 2.53. The molecule has 118 valence electrons. The van der Waals surface area contributed by atoms with Gasteiger partial charge < -0.3 is 14.4 Å². The monoisotopic (exact) mass is 301 g/mol. The largest absolute Gasteiger partial charge is 0.448 e. The van der Waals surface area contributed by atoms with Crippen LogP contribution in [-0.2, 0) is 4.79 Å². The number of ketones is 1. The summed E-state index contributed by atoms with van der Waals surface area (Å²) in [5.74, 6) is 2.84. The summed E-state index contributed by atoms with van der Waals surface area (Å²) in [5.41, 5.74) is 0. The second kappa shape index (κ2) is 5.27. The van der Waals surface area contributed by atoms with Crippen molar-refractivity contribution in [1.29, 1.82) is 0 Å². The molecule has 0 amide bonds. The lowest BCUT2D eigenvalue weighted by Crippen LogP contribution is -2.35. The summed E-state index contributed by atoms with van der Waals surface area (Å²) in [5, 5.41) is 0. The molecule has 0 N–H and O–H groups in total. The molecule has 4 heteroatoms. The first-order valence-electron chi connectivity index (χ1n) is 8.34. The molecular formula is C18H23NO3. The molecule has 0 aromatic heterocycles. The molecule has 5 rings (SSSR count). The SMILES string of the molecule is CN1CCC2CCC(=O)CC21.c1ccc2c(c1)OC1(CC1)O2. The molecule has 1 aromatic rings. The van der Waals surface area contributed by atoms with Gasteiger partial charge in [0, 0.05) is 31.7 Å². The minimum absolute atomic E-state index is 0.246. The number of Topliss-reactive ketones (excluding diaryl/α,β-unsaturated/α-hetero) is 1. The Bertz CT molecular complexity index is 554. The third kappa shape index (κ3) is 2.60. The summed E-state index contributed by atoms with van der Waals surface area (Å²) in [7, 11) is 2.14. The van der Waals surface area contributed by atoms with Crippen LogP contribution >= 0.6 is 0 Å². The zero-order valence-electron chi connectivity index (χ0n) is 13.1. The second-order valence-electron chi connectivity index (χ2n) is 6.94. The average molecular weight is 301 g/mol. The highest BCUT2D eigenvalue weighted by atomic mass is 16.7. The van der Waals surface area contributed by atoms with Gasteiger partial charge in [0.25, 0.3) is 5.79 Å². The summed E-state index contributed by atoms with van der Waals surface area (Å²) in [4.78, 5) is 13.5. The number of hydrogen-bond acceptors (Lipinski definition) is 4. The predicted octanol–water partition coefficient (Wildman–Crippen LogP) is 3.01. The Labute approximate surface area is 131 Å². The third-order valence-electron chi connectivity index (χ3n) is 5.29. The summed E-state index contributed by atoms with van der Waals surface area (Å²) in [6.45, 7) is 1.20. The number of carbonyl (C=O) groups is 1. The normalized spacial score (nSPS) is 30.7. The van der Waals surface area contributed by atoms with E-state index in [0.717, 1.165) is 49.5 Å².